The summed E-state index contributed by atoms with van der Waals surface area (Å²) in [5.41, 5.74) is 0. The van der Waals surface area contributed by atoms with Crippen LogP contribution in [0.2, 0.25) is 0 Å². The molecule has 0 bridgehead atoms. The summed E-state index contributed by atoms with van der Waals surface area (Å²) >= 11 is 0. The molecule has 0 spiro atoms. The van der Waals surface area contributed by atoms with E-state index in [0.29, 0.717) is 19.0 Å². The molecule has 0 aliphatic carbocycles. The molecule has 0 aromatic carbocycles. The van der Waals surface area contributed by atoms with Gasteiger partial charge in [0.25, 0.3) is 0 Å². The Hall–Kier alpha value is -0.120. The van der Waals surface area contributed by atoms with E-state index in [0.717, 1.165) is 0 Å². The lowest BCUT2D eigenvalue weighted by atomic mass is 10.0. The summed E-state index contributed by atoms with van der Waals surface area (Å²) in [7, 11) is 0. The van der Waals surface area contributed by atoms with Crippen LogP contribution in [-0.4, -0.2) is 35.0 Å². The monoisotopic (exact) mass is 131 g/mol. The van der Waals surface area contributed by atoms with E-state index in [2.05, 4.69) is 5.32 Å². The highest BCUT2D eigenvalue weighted by molar-refractivity contribution is 4.81. The maximum absolute atomic E-state index is 9.06. The van der Waals surface area contributed by atoms with E-state index in [4.69, 9.17) is 10.2 Å². The summed E-state index contributed by atoms with van der Waals surface area (Å²) in [5, 5.41) is 21.1. The maximum Gasteiger partial charge on any atom is 0.0923 e. The van der Waals surface area contributed by atoms with Crippen LogP contribution in [0.15, 0.2) is 0 Å². The Bertz CT molecular complexity index is 97.1. The average molecular weight is 131 g/mol. The van der Waals surface area contributed by atoms with Gasteiger partial charge in [-0.2, -0.15) is 0 Å². The van der Waals surface area contributed by atoms with Gasteiger partial charge in [-0.3, -0.25) is 0 Å². The molecule has 1 saturated heterocycles. The Kier molecular flexibility index (Phi) is 2.05. The van der Waals surface area contributed by atoms with Gasteiger partial charge in [0.2, 0.25) is 0 Å². The van der Waals surface area contributed by atoms with Gasteiger partial charge < -0.3 is 15.5 Å². The van der Waals surface area contributed by atoms with Crippen molar-refractivity contribution in [3.63, 3.8) is 0 Å². The van der Waals surface area contributed by atoms with Crippen molar-refractivity contribution in [2.75, 3.05) is 6.54 Å². The summed E-state index contributed by atoms with van der Waals surface area (Å²) in [6.45, 7) is 2.51. The molecule has 0 radical (unpaired) electrons. The van der Waals surface area contributed by atoms with Gasteiger partial charge >= 0.3 is 0 Å². The Morgan fingerprint density at radius 1 is 1.33 bits per heavy atom. The van der Waals surface area contributed by atoms with Gasteiger partial charge in [-0.25, -0.2) is 0 Å². The highest BCUT2D eigenvalue weighted by atomic mass is 16.3. The lowest BCUT2D eigenvalue weighted by Crippen LogP contribution is -2.48. The Balaban J connectivity index is 2.35. The van der Waals surface area contributed by atoms with Crippen molar-refractivity contribution in [1.82, 2.24) is 5.32 Å². The molecule has 9 heavy (non-hydrogen) atoms. The second kappa shape index (κ2) is 2.64. The summed E-state index contributed by atoms with van der Waals surface area (Å²) in [6, 6.07) is 0.336. The molecule has 3 nitrogen and oxygen atoms in total. The van der Waals surface area contributed by atoms with Crippen molar-refractivity contribution in [2.45, 2.75) is 31.6 Å². The third kappa shape index (κ3) is 1.64. The molecule has 3 heteroatoms. The third-order valence-corrected chi connectivity index (χ3v) is 1.71. The second-order valence-electron chi connectivity index (χ2n) is 2.68. The summed E-state index contributed by atoms with van der Waals surface area (Å²) in [5.74, 6) is 0. The fourth-order valence-corrected chi connectivity index (χ4v) is 1.06. The second-order valence-corrected chi connectivity index (χ2v) is 2.68. The molecule has 1 rings (SSSR count). The molecule has 3 atom stereocenters. The normalized spacial score (nSPS) is 45.0. The van der Waals surface area contributed by atoms with Gasteiger partial charge in [0.1, 0.15) is 0 Å². The van der Waals surface area contributed by atoms with Crippen molar-refractivity contribution in [1.29, 1.82) is 0 Å². The van der Waals surface area contributed by atoms with Gasteiger partial charge in [0.15, 0.2) is 0 Å². The number of nitrogens with one attached hydrogen (secondary N) is 1. The van der Waals surface area contributed by atoms with Crippen LogP contribution in [0.3, 0.4) is 0 Å². The van der Waals surface area contributed by atoms with E-state index in [1.54, 1.807) is 0 Å². The number of hydrogen-bond acceptors (Lipinski definition) is 3. The minimum Gasteiger partial charge on any atom is -0.390 e. The molecule has 0 saturated carbocycles. The minimum absolute atomic E-state index is 0.336. The molecular weight excluding hydrogens is 118 g/mol. The van der Waals surface area contributed by atoms with Gasteiger partial charge in [-0.15, -0.1) is 0 Å². The van der Waals surface area contributed by atoms with Crippen LogP contribution in [0.25, 0.3) is 0 Å². The first kappa shape index (κ1) is 6.99. The number of piperidine rings is 1. The van der Waals surface area contributed by atoms with E-state index in [9.17, 15) is 0 Å². The topological polar surface area (TPSA) is 52.5 Å². The highest BCUT2D eigenvalue weighted by Crippen LogP contribution is 2.07. The lowest BCUT2D eigenvalue weighted by molar-refractivity contribution is -0.00990. The summed E-state index contributed by atoms with van der Waals surface area (Å²) in [4.78, 5) is 0. The number of aliphatic hydroxyl groups excluding tert-OH is 2. The van der Waals surface area contributed by atoms with Crippen LogP contribution in [0.5, 0.6) is 0 Å². The van der Waals surface area contributed by atoms with Crippen molar-refractivity contribution in [3.8, 4) is 0 Å². The molecule has 0 aromatic heterocycles. The van der Waals surface area contributed by atoms with Crippen molar-refractivity contribution >= 4 is 0 Å². The highest BCUT2D eigenvalue weighted by Gasteiger charge is 2.23. The zero-order valence-corrected chi connectivity index (χ0v) is 5.54. The van der Waals surface area contributed by atoms with Crippen molar-refractivity contribution in [2.24, 2.45) is 0 Å². The van der Waals surface area contributed by atoms with Crippen molar-refractivity contribution < 1.29 is 10.2 Å². The van der Waals surface area contributed by atoms with Crippen molar-refractivity contribution in [3.05, 3.63) is 0 Å². The zero-order valence-electron chi connectivity index (χ0n) is 5.54. The number of aliphatic hydroxyl groups is 2. The first-order valence-electron chi connectivity index (χ1n) is 3.29. The summed E-state index contributed by atoms with van der Waals surface area (Å²) < 4.78 is 0. The SMILES string of the molecule is C[C@@H]1CC(O)C(O)CN1. The van der Waals surface area contributed by atoms with Crippen LogP contribution in [0.4, 0.5) is 0 Å². The van der Waals surface area contributed by atoms with E-state index in [1.165, 1.54) is 0 Å². The molecule has 1 aliphatic rings. The predicted molar refractivity (Wildman–Crippen MR) is 34.1 cm³/mol. The van der Waals surface area contributed by atoms with Gasteiger partial charge in [-0.05, 0) is 13.3 Å². The molecule has 0 amide bonds. The smallest absolute Gasteiger partial charge is 0.0923 e. The van der Waals surface area contributed by atoms with Gasteiger partial charge in [0, 0.05) is 12.6 Å². The molecule has 1 heterocycles. The standard InChI is InChI=1S/C6H13NO2/c1-4-2-5(8)6(9)3-7-4/h4-9H,2-3H2,1H3/t4-,5?,6?/m1/s1. The Labute approximate surface area is 54.7 Å². The molecule has 54 valence electrons. The largest absolute Gasteiger partial charge is 0.390 e. The fourth-order valence-electron chi connectivity index (χ4n) is 1.06. The minimum atomic E-state index is -0.568. The number of β-amino-alcohol motifs (C(OH)–C–C–N with tert-alkyl or cyclic N) is 1. The molecular formula is C6H13NO2. The molecule has 3 N–H and O–H groups in total. The molecule has 2 unspecified atom stereocenters. The average Bonchev–Trinajstić information content (AvgIpc) is 1.80. The Morgan fingerprint density at radius 3 is 2.44 bits per heavy atom. The van der Waals surface area contributed by atoms with Gasteiger partial charge in [0.05, 0.1) is 12.2 Å². The van der Waals surface area contributed by atoms with Gasteiger partial charge in [-0.1, -0.05) is 0 Å². The summed E-state index contributed by atoms with van der Waals surface area (Å²) in [6.07, 6.45) is -0.441. The Morgan fingerprint density at radius 2 is 2.00 bits per heavy atom. The van der Waals surface area contributed by atoms with E-state index in [1.807, 2.05) is 6.92 Å². The number of rotatable bonds is 0. The molecule has 1 aliphatic heterocycles. The van der Waals surface area contributed by atoms with E-state index >= 15 is 0 Å². The lowest BCUT2D eigenvalue weighted by Gasteiger charge is -2.28. The maximum atomic E-state index is 9.06. The van der Waals surface area contributed by atoms with E-state index in [-0.39, 0.29) is 0 Å². The first-order chi connectivity index (χ1) is 4.20. The van der Waals surface area contributed by atoms with Crippen LogP contribution in [0.1, 0.15) is 13.3 Å². The molecule has 1 fully saturated rings. The predicted octanol–water partition coefficient (Wildman–Crippen LogP) is -0.910. The zero-order chi connectivity index (χ0) is 6.85. The van der Waals surface area contributed by atoms with E-state index < -0.39 is 12.2 Å². The van der Waals surface area contributed by atoms with Crippen LogP contribution >= 0.6 is 0 Å². The van der Waals surface area contributed by atoms with Crippen LogP contribution < -0.4 is 5.32 Å². The third-order valence-electron chi connectivity index (χ3n) is 1.71. The van der Waals surface area contributed by atoms with Crippen LogP contribution in [0, 0.1) is 0 Å². The molecule has 0 aromatic rings. The first-order valence-corrected chi connectivity index (χ1v) is 3.29. The quantitative estimate of drug-likeness (QED) is 0.399. The fraction of sp³-hybridized carbons (Fsp3) is 1.00. The number of hydrogen-bond donors (Lipinski definition) is 3. The van der Waals surface area contributed by atoms with Crippen LogP contribution in [-0.2, 0) is 0 Å².